The van der Waals surface area contributed by atoms with E-state index in [1.165, 1.54) is 39.7 Å². The van der Waals surface area contributed by atoms with Gasteiger partial charge in [-0.05, 0) is 178 Å². The summed E-state index contributed by atoms with van der Waals surface area (Å²) in [4.78, 5) is 38.2. The highest BCUT2D eigenvalue weighted by Crippen LogP contribution is 2.51. The molecule has 0 atom stereocenters. The van der Waals surface area contributed by atoms with Gasteiger partial charge in [0.2, 0.25) is 0 Å². The summed E-state index contributed by atoms with van der Waals surface area (Å²) < 4.78 is 130. The Morgan fingerprint density at radius 1 is 0.356 bits per heavy atom. The topological polar surface area (TPSA) is 261 Å². The normalized spacial score (nSPS) is 15.6. The second kappa shape index (κ2) is 40.0. The zero-order chi connectivity index (χ0) is 103. The Morgan fingerprint density at radius 3 is 1.06 bits per heavy atom. The van der Waals surface area contributed by atoms with E-state index in [4.69, 9.17) is 64.3 Å². The van der Waals surface area contributed by atoms with E-state index in [2.05, 4.69) is 15.3 Å². The van der Waals surface area contributed by atoms with Crippen molar-refractivity contribution < 1.29 is 70.3 Å². The first-order chi connectivity index (χ1) is 69.9. The van der Waals surface area contributed by atoms with Crippen molar-refractivity contribution in [3.8, 4) is 50.6 Å². The number of halogens is 9. The number of ether oxygens (including phenoxy) is 3. The van der Waals surface area contributed by atoms with Crippen LogP contribution in [0.3, 0.4) is 0 Å². The number of fused-ring (bicyclic) bond motifs is 26. The Kier molecular flexibility index (Phi) is 27.4. The molecule has 754 valence electrons. The van der Waals surface area contributed by atoms with Gasteiger partial charge in [-0.1, -0.05) is 125 Å². The largest absolute Gasteiger partial charge is 0.493 e. The smallest absolute Gasteiger partial charge is 0.352 e. The van der Waals surface area contributed by atoms with Crippen molar-refractivity contribution in [2.24, 2.45) is 56.4 Å². The molecule has 3 N–H and O–H groups in total. The predicted molar refractivity (Wildman–Crippen MR) is 564 cm³/mol. The van der Waals surface area contributed by atoms with Crippen molar-refractivity contribution in [2.45, 2.75) is 150 Å². The molecule has 4 aliphatic heterocycles. The van der Waals surface area contributed by atoms with Gasteiger partial charge in [-0.25, -0.2) is 40.7 Å². The van der Waals surface area contributed by atoms with Crippen LogP contribution in [0, 0.1) is 20.8 Å². The molecule has 0 unspecified atom stereocenters. The quantitative estimate of drug-likeness (QED) is 0.139. The number of carboxylic acids is 3. The summed E-state index contributed by atoms with van der Waals surface area (Å²) in [6.07, 6.45) is 2.84. The van der Waals surface area contributed by atoms with Crippen LogP contribution in [0.15, 0.2) is 158 Å². The number of alkyl halides is 6. The van der Waals surface area contributed by atoms with Crippen molar-refractivity contribution in [3.05, 3.63) is 297 Å². The van der Waals surface area contributed by atoms with Crippen molar-refractivity contribution in [1.82, 2.24) is 72.4 Å². The minimum absolute atomic E-state index is 0.129. The van der Waals surface area contributed by atoms with Crippen molar-refractivity contribution in [3.63, 3.8) is 0 Å². The molecule has 18 aromatic rings. The number of hydrogen-bond acceptors (Lipinski definition) is 15. The maximum absolute atomic E-state index is 16.1. The molecular weight excluding hydrogens is 1990 g/mol. The van der Waals surface area contributed by atoms with Crippen molar-refractivity contribution in [2.75, 3.05) is 19.8 Å². The molecule has 24 nitrogen and oxygen atoms in total. The lowest BCUT2D eigenvalue weighted by atomic mass is 9.97. The molecule has 24 bridgehead atoms. The Morgan fingerprint density at radius 2 is 0.692 bits per heavy atom. The van der Waals surface area contributed by atoms with Crippen molar-refractivity contribution >= 4 is 153 Å². The Bertz CT molecular complexity index is 8330. The van der Waals surface area contributed by atoms with Crippen LogP contribution in [-0.2, 0) is 160 Å². The summed E-state index contributed by atoms with van der Waals surface area (Å²) >= 11 is 25.7. The lowest BCUT2D eigenvalue weighted by Crippen LogP contribution is -2.19. The molecule has 4 aliphatic rings. The predicted octanol–water partition coefficient (Wildman–Crippen LogP) is 25.1. The minimum Gasteiger partial charge on any atom is -0.493 e. The highest BCUT2D eigenvalue weighted by molar-refractivity contribution is 7.98. The molecule has 0 amide bonds. The van der Waals surface area contributed by atoms with Gasteiger partial charge in [0.05, 0.1) is 105 Å². The van der Waals surface area contributed by atoms with E-state index in [0.29, 0.717) is 172 Å². The molecule has 22 rings (SSSR count). The molecule has 9 aromatic carbocycles. The van der Waals surface area contributed by atoms with Crippen LogP contribution in [-0.4, -0.2) is 125 Å². The summed E-state index contributed by atoms with van der Waals surface area (Å²) in [6, 6.07) is 45.6. The Hall–Kier alpha value is -13.1. The van der Waals surface area contributed by atoms with Crippen LogP contribution in [0.4, 0.5) is 26.3 Å². The highest BCUT2D eigenvalue weighted by Gasteiger charge is 2.41. The minimum atomic E-state index is -3.19. The van der Waals surface area contributed by atoms with E-state index in [9.17, 15) is 29.7 Å². The molecule has 0 radical (unpaired) electrons. The summed E-state index contributed by atoms with van der Waals surface area (Å²) in [5, 5.41) is 67.7. The highest BCUT2D eigenvalue weighted by atomic mass is 35.5. The number of hydrogen-bond donors (Lipinski definition) is 3. The van der Waals surface area contributed by atoms with Gasteiger partial charge in [0.15, 0.2) is 0 Å². The van der Waals surface area contributed by atoms with E-state index in [1.807, 2.05) is 131 Å². The molecule has 146 heavy (non-hydrogen) atoms. The third-order valence-corrected chi connectivity index (χ3v) is 32.4. The summed E-state index contributed by atoms with van der Waals surface area (Å²) in [5.74, 6) is -8.55. The number of aryl methyl sites for hydroxylation is 13. The van der Waals surface area contributed by atoms with Gasteiger partial charge in [0.25, 0.3) is 17.8 Å². The fraction of sp³-hybridized carbons (Fsp3) is 0.318. The SMILES string of the molecule is Cc1c2c(nn1C)CSCc1cc(n(C)n1)CC(F)(F)c1cc(c3ccccc3c1)OCCCc1c(C(=O)O)n(C)c3c-2c(Cl)ccc13.Cc1ccc2c3cc(cc2c1)C(F)(F)Cc1cc(nn1C)CSCc1nn(C)c(C)c1-c1c(Cl)ccc2c(c(C(=O)O)n(C)c12)CCCO3.Cn1nc2cc1CC(F)(F)c1cc(c3ccccc3c1)OCCCc1c(C(=O)O)n(C)c3c(c(Cl)ccc13)-c1c(nn3c1CCC3)CSC2. The molecule has 36 heteroatoms. The standard InChI is InChI=1S/C37H34ClF2N5O3S.C37H36ClF2N5O3S.C36H34ClF2N5O3S/c1-43-34-27-11-12-28(38)32(34)33-29(42-45-13-5-10-30(33)45)20-49-19-23-17-24(44(2)41-23)18-37(39,40)22-15-21-7-3-4-8-25(21)31(16-22)48-14-6-9-26(27)35(43)36(46)47;1-20-8-9-26-22(13-20)14-23-15-31(26)48-12-6-7-27-28-10-11-29(38)33(34(28)43(3)35(27)36(46)47)32-21(2)44(4)42-30(32)19-49-18-24-16-25(45(5)41-24)17-37(23,39)40;1-20-31-29(41-43(20)3)19-48-18-23-16-24(44(4)40-23)17-36(38,39)22-14-21-8-5-6-9-25(21)30(15-22)47-13-7-10-26-27-11-12-28(37)32(31)33(27)42(2)34(26)35(45)46/h3-4,7-8,11-12,15-17H,5-6,9-10,13-14,18-20H2,1-2H3,(H,46,47);8-11,13-16H,6-7,12,17-19H2,1-5H3,(H,46,47);5-6,8-9,11-12,14-16H,7,10,13,17-19H2,1-4H3,(H,45,46). The van der Waals surface area contributed by atoms with Crippen LogP contribution >= 0.6 is 70.1 Å². The summed E-state index contributed by atoms with van der Waals surface area (Å²) in [5.41, 5.74) is 19.0. The first-order valence-electron chi connectivity index (χ1n) is 48.0. The number of carboxylic acid groups (broad SMARTS) is 3. The zero-order valence-electron chi connectivity index (χ0n) is 82.0. The molecule has 0 spiro atoms. The number of aromatic nitrogens is 15. The van der Waals surface area contributed by atoms with Gasteiger partial charge >= 0.3 is 17.9 Å². The molecule has 0 fully saturated rings. The number of nitrogens with zero attached hydrogens (tertiary/aromatic N) is 15. The van der Waals surface area contributed by atoms with Crippen LogP contribution in [0.5, 0.6) is 17.2 Å². The third-order valence-electron chi connectivity index (χ3n) is 28.5. The maximum Gasteiger partial charge on any atom is 0.352 e. The maximum atomic E-state index is 16.1. The first-order valence-corrected chi connectivity index (χ1v) is 52.6. The van der Waals surface area contributed by atoms with Gasteiger partial charge in [-0.2, -0.15) is 30.6 Å². The third kappa shape index (κ3) is 18.8. The van der Waals surface area contributed by atoms with Gasteiger partial charge < -0.3 is 43.2 Å². The molecular formula is C110H104Cl3F6N15O9S3. The second-order valence-corrected chi connectivity index (χ2v) is 42.2. The lowest BCUT2D eigenvalue weighted by Gasteiger charge is -2.20. The monoisotopic (exact) mass is 2090 g/mol. The van der Waals surface area contributed by atoms with Gasteiger partial charge in [-0.3, -0.25) is 28.1 Å². The average molecular weight is 2100 g/mol. The van der Waals surface area contributed by atoms with E-state index < -0.39 is 54.9 Å². The van der Waals surface area contributed by atoms with E-state index in [-0.39, 0.29) is 53.6 Å². The fourth-order valence-electron chi connectivity index (χ4n) is 21.5. The van der Waals surface area contributed by atoms with E-state index >= 15 is 26.3 Å². The molecule has 0 saturated heterocycles. The number of carbonyl (C=O) groups is 3. The molecule has 0 saturated carbocycles. The van der Waals surface area contributed by atoms with E-state index in [1.54, 1.807) is 142 Å². The van der Waals surface area contributed by atoms with Crippen LogP contribution < -0.4 is 14.2 Å². The number of rotatable bonds is 3. The summed E-state index contributed by atoms with van der Waals surface area (Å²) in [7, 11) is 14.1. The Labute approximate surface area is 863 Å². The fourth-order valence-corrected chi connectivity index (χ4v) is 24.8. The van der Waals surface area contributed by atoms with Crippen LogP contribution in [0.1, 0.15) is 164 Å². The molecule has 13 heterocycles. The molecule has 9 aromatic heterocycles. The number of thioether (sulfide) groups is 3. The van der Waals surface area contributed by atoms with Crippen LogP contribution in [0.25, 0.3) is 98.4 Å². The second-order valence-electron chi connectivity index (χ2n) is 38.0. The number of aromatic carboxylic acids is 3. The van der Waals surface area contributed by atoms with E-state index in [0.717, 1.165) is 141 Å². The van der Waals surface area contributed by atoms with Gasteiger partial charge in [0, 0.05) is 214 Å². The first kappa shape index (κ1) is 100. The van der Waals surface area contributed by atoms with Gasteiger partial charge in [-0.15, -0.1) is 35.3 Å². The lowest BCUT2D eigenvalue weighted by molar-refractivity contribution is -0.00628. The average Bonchev–Trinajstić information content (AvgIpc) is 1.59. The van der Waals surface area contributed by atoms with Crippen LogP contribution in [0.2, 0.25) is 15.1 Å². The molecule has 0 aliphatic carbocycles. The Balaban J connectivity index is 0.000000133. The van der Waals surface area contributed by atoms with Gasteiger partial charge in [0.1, 0.15) is 34.3 Å². The zero-order valence-corrected chi connectivity index (χ0v) is 86.7. The number of benzene rings is 9. The van der Waals surface area contributed by atoms with Crippen molar-refractivity contribution in [1.29, 1.82) is 0 Å². The summed E-state index contributed by atoms with van der Waals surface area (Å²) in [6.45, 7) is 7.27.